The molecule has 0 saturated heterocycles. The number of benzene rings is 2. The maximum Gasteiger partial charge on any atom is 0.226 e. The first-order valence-electron chi connectivity index (χ1n) is 10.2. The maximum atomic E-state index is 5.99. The average molecular weight is 461 g/mol. The van der Waals surface area contributed by atoms with Gasteiger partial charge in [0.05, 0.1) is 16.9 Å². The highest BCUT2D eigenvalue weighted by Gasteiger charge is 2.15. The Hall–Kier alpha value is -3.09. The molecule has 5 nitrogen and oxygen atoms in total. The van der Waals surface area contributed by atoms with Crippen molar-refractivity contribution in [1.82, 2.24) is 19.6 Å². The largest absolute Gasteiger partial charge is 0.441 e. The number of halogens is 1. The van der Waals surface area contributed by atoms with Crippen LogP contribution >= 0.6 is 23.4 Å². The Labute approximate surface area is 195 Å². The van der Waals surface area contributed by atoms with Crippen molar-refractivity contribution in [3.63, 3.8) is 0 Å². The van der Waals surface area contributed by atoms with Gasteiger partial charge in [0.15, 0.2) is 0 Å². The van der Waals surface area contributed by atoms with Crippen LogP contribution in [0.25, 0.3) is 28.2 Å². The summed E-state index contributed by atoms with van der Waals surface area (Å²) in [6, 6.07) is 16.0. The summed E-state index contributed by atoms with van der Waals surface area (Å²) in [6.45, 7) is 6.16. The van der Waals surface area contributed by atoms with Gasteiger partial charge in [-0.2, -0.15) is 5.10 Å². The van der Waals surface area contributed by atoms with Crippen LogP contribution in [0.5, 0.6) is 0 Å². The first-order valence-corrected chi connectivity index (χ1v) is 11.6. The van der Waals surface area contributed by atoms with Crippen LogP contribution in [0.3, 0.4) is 0 Å². The van der Waals surface area contributed by atoms with Crippen molar-refractivity contribution in [2.24, 2.45) is 0 Å². The number of nitrogens with zero attached hydrogens (tertiary/aromatic N) is 4. The second-order valence-electron chi connectivity index (χ2n) is 7.73. The highest BCUT2D eigenvalue weighted by atomic mass is 35.5. The van der Waals surface area contributed by atoms with Crippen LogP contribution in [-0.4, -0.2) is 19.6 Å². The van der Waals surface area contributed by atoms with Crippen molar-refractivity contribution in [2.75, 3.05) is 0 Å². The van der Waals surface area contributed by atoms with Crippen LogP contribution in [0.2, 0.25) is 5.02 Å². The monoisotopic (exact) mass is 460 g/mol. The Morgan fingerprint density at radius 1 is 1.03 bits per heavy atom. The molecule has 3 heterocycles. The van der Waals surface area contributed by atoms with Gasteiger partial charge in [0.25, 0.3) is 0 Å². The highest BCUT2D eigenvalue weighted by Crippen LogP contribution is 2.31. The van der Waals surface area contributed by atoms with Gasteiger partial charge in [0.1, 0.15) is 10.8 Å². The molecule has 5 rings (SSSR count). The Morgan fingerprint density at radius 2 is 1.84 bits per heavy atom. The minimum absolute atomic E-state index is 0.599. The van der Waals surface area contributed by atoms with E-state index < -0.39 is 0 Å². The summed E-state index contributed by atoms with van der Waals surface area (Å²) in [5.74, 6) is 2.06. The predicted molar refractivity (Wildman–Crippen MR) is 129 cm³/mol. The molecule has 32 heavy (non-hydrogen) atoms. The standard InChI is InChI=1S/C25H21ClN4OS/c1-15-4-9-20(16(2)12-15)21-13-23-25(27-10-11-30(23)29-21)32-14-22-17(3)31-24(28-22)18-5-7-19(26)8-6-18/h4-13H,14H2,1-3H3. The number of hydrogen-bond acceptors (Lipinski definition) is 5. The van der Waals surface area contributed by atoms with Crippen LogP contribution in [-0.2, 0) is 5.75 Å². The fourth-order valence-corrected chi connectivity index (χ4v) is 4.76. The first kappa shape index (κ1) is 20.8. The smallest absolute Gasteiger partial charge is 0.226 e. The molecule has 0 aliphatic rings. The molecule has 160 valence electrons. The van der Waals surface area contributed by atoms with Gasteiger partial charge in [-0.15, -0.1) is 0 Å². The van der Waals surface area contributed by atoms with Crippen molar-refractivity contribution in [2.45, 2.75) is 31.6 Å². The molecular weight excluding hydrogens is 440 g/mol. The lowest BCUT2D eigenvalue weighted by atomic mass is 10.0. The summed E-state index contributed by atoms with van der Waals surface area (Å²) in [7, 11) is 0. The number of thioether (sulfide) groups is 1. The number of fused-ring (bicyclic) bond motifs is 1. The fraction of sp³-hybridized carbons (Fsp3) is 0.160. The summed E-state index contributed by atoms with van der Waals surface area (Å²) in [5.41, 5.74) is 7.32. The number of oxazole rings is 1. The molecule has 0 aliphatic heterocycles. The molecule has 0 spiro atoms. The zero-order chi connectivity index (χ0) is 22.2. The van der Waals surface area contributed by atoms with E-state index >= 15 is 0 Å². The zero-order valence-electron chi connectivity index (χ0n) is 18.0. The van der Waals surface area contributed by atoms with Crippen LogP contribution < -0.4 is 0 Å². The molecule has 0 fully saturated rings. The van der Waals surface area contributed by atoms with Crippen LogP contribution in [0.15, 0.2) is 70.4 Å². The number of hydrogen-bond donors (Lipinski definition) is 0. The Morgan fingerprint density at radius 3 is 2.62 bits per heavy atom. The highest BCUT2D eigenvalue weighted by molar-refractivity contribution is 7.98. The molecule has 0 saturated carbocycles. The SMILES string of the molecule is Cc1ccc(-c2cc3c(SCc4nc(-c5ccc(Cl)cc5)oc4C)nccn3n2)c(C)c1. The Balaban J connectivity index is 1.41. The first-order chi connectivity index (χ1) is 15.5. The van der Waals surface area contributed by atoms with Crippen molar-refractivity contribution in [1.29, 1.82) is 0 Å². The molecule has 5 aromatic rings. The van der Waals surface area contributed by atoms with Gasteiger partial charge in [0.2, 0.25) is 5.89 Å². The van der Waals surface area contributed by atoms with Crippen molar-refractivity contribution in [3.8, 4) is 22.7 Å². The molecule has 0 aliphatic carbocycles. The second kappa shape index (κ2) is 8.45. The molecule has 2 aromatic carbocycles. The normalized spacial score (nSPS) is 11.4. The third-order valence-electron chi connectivity index (χ3n) is 5.34. The van der Waals surface area contributed by atoms with Gasteiger partial charge in [0, 0.05) is 34.3 Å². The summed E-state index contributed by atoms with van der Waals surface area (Å²) in [5, 5.41) is 6.37. The lowest BCUT2D eigenvalue weighted by molar-refractivity contribution is 0.540. The van der Waals surface area contributed by atoms with Crippen molar-refractivity contribution in [3.05, 3.63) is 88.5 Å². The van der Waals surface area contributed by atoms with E-state index in [0.717, 1.165) is 38.8 Å². The van der Waals surface area contributed by atoms with E-state index in [-0.39, 0.29) is 0 Å². The van der Waals surface area contributed by atoms with Crippen LogP contribution in [0.1, 0.15) is 22.6 Å². The van der Waals surface area contributed by atoms with Crippen LogP contribution in [0, 0.1) is 20.8 Å². The van der Waals surface area contributed by atoms with Crippen LogP contribution in [0.4, 0.5) is 0 Å². The molecule has 0 atom stereocenters. The van der Waals surface area contributed by atoms with E-state index in [1.54, 1.807) is 18.0 Å². The third-order valence-corrected chi connectivity index (χ3v) is 6.60. The van der Waals surface area contributed by atoms with Gasteiger partial charge in [-0.25, -0.2) is 14.5 Å². The molecule has 0 unspecified atom stereocenters. The lowest BCUT2D eigenvalue weighted by Gasteiger charge is -2.02. The number of aryl methyl sites for hydroxylation is 3. The number of aromatic nitrogens is 4. The minimum Gasteiger partial charge on any atom is -0.441 e. The molecule has 7 heteroatoms. The van der Waals surface area contributed by atoms with E-state index in [2.05, 4.69) is 43.1 Å². The van der Waals surface area contributed by atoms with Gasteiger partial charge in [-0.05, 0) is 56.7 Å². The Bertz CT molecular complexity index is 1420. The van der Waals surface area contributed by atoms with Gasteiger partial charge in [-0.1, -0.05) is 47.1 Å². The van der Waals surface area contributed by atoms with Crippen molar-refractivity contribution < 1.29 is 4.42 Å². The second-order valence-corrected chi connectivity index (χ2v) is 9.13. The average Bonchev–Trinajstić information content (AvgIpc) is 3.36. The van der Waals surface area contributed by atoms with E-state index in [1.165, 1.54) is 11.1 Å². The molecule has 0 amide bonds. The van der Waals surface area contributed by atoms with E-state index in [0.29, 0.717) is 16.7 Å². The van der Waals surface area contributed by atoms with Crippen molar-refractivity contribution >= 4 is 28.9 Å². The summed E-state index contributed by atoms with van der Waals surface area (Å²) in [6.07, 6.45) is 3.66. The molecular formula is C25H21ClN4OS. The lowest BCUT2D eigenvalue weighted by Crippen LogP contribution is -1.92. The topological polar surface area (TPSA) is 56.2 Å². The molecule has 0 bridgehead atoms. The van der Waals surface area contributed by atoms with Gasteiger partial charge >= 0.3 is 0 Å². The summed E-state index contributed by atoms with van der Waals surface area (Å²) < 4.78 is 7.78. The Kier molecular flexibility index (Phi) is 5.49. The fourth-order valence-electron chi connectivity index (χ4n) is 3.66. The number of rotatable bonds is 5. The van der Waals surface area contributed by atoms with E-state index in [1.807, 2.05) is 41.9 Å². The van der Waals surface area contributed by atoms with Gasteiger partial charge < -0.3 is 4.42 Å². The van der Waals surface area contributed by atoms with E-state index in [4.69, 9.17) is 26.1 Å². The van der Waals surface area contributed by atoms with Gasteiger partial charge in [-0.3, -0.25) is 0 Å². The van der Waals surface area contributed by atoms with E-state index in [9.17, 15) is 0 Å². The molecule has 3 aromatic heterocycles. The maximum absolute atomic E-state index is 5.99. The minimum atomic E-state index is 0.599. The zero-order valence-corrected chi connectivity index (χ0v) is 19.5. The molecule has 0 N–H and O–H groups in total. The molecule has 0 radical (unpaired) electrons. The summed E-state index contributed by atoms with van der Waals surface area (Å²) >= 11 is 7.62. The summed E-state index contributed by atoms with van der Waals surface area (Å²) in [4.78, 5) is 9.30. The third kappa shape index (κ3) is 4.04. The predicted octanol–water partition coefficient (Wildman–Crippen LogP) is 6.92. The quantitative estimate of drug-likeness (QED) is 0.266.